The van der Waals surface area contributed by atoms with E-state index in [-0.39, 0.29) is 29.7 Å². The summed E-state index contributed by atoms with van der Waals surface area (Å²) in [5.41, 5.74) is 3.56. The van der Waals surface area contributed by atoms with Gasteiger partial charge >= 0.3 is 0 Å². The summed E-state index contributed by atoms with van der Waals surface area (Å²) in [7, 11) is -1.99. The highest BCUT2D eigenvalue weighted by atomic mass is 28.4. The molecule has 1 amide bonds. The minimum Gasteiger partial charge on any atom is -0.491 e. The van der Waals surface area contributed by atoms with E-state index < -0.39 is 31.6 Å². The number of hydrogen-bond donors (Lipinski definition) is 1. The van der Waals surface area contributed by atoms with Gasteiger partial charge in [0, 0.05) is 48.2 Å². The van der Waals surface area contributed by atoms with E-state index in [1.54, 1.807) is 41.0 Å². The minimum absolute atomic E-state index is 0.121. The molecule has 1 unspecified atom stereocenters. The molecule has 1 fully saturated rings. The van der Waals surface area contributed by atoms with Crippen molar-refractivity contribution in [3.8, 4) is 11.4 Å². The van der Waals surface area contributed by atoms with Crippen molar-refractivity contribution in [1.82, 2.24) is 19.6 Å². The smallest absolute Gasteiger partial charge is 0.297 e. The Kier molecular flexibility index (Phi) is 11.6. The molecular weight excluding hydrogens is 702 g/mol. The van der Waals surface area contributed by atoms with Crippen molar-refractivity contribution < 1.29 is 23.5 Å². The van der Waals surface area contributed by atoms with Crippen molar-refractivity contribution in [1.29, 1.82) is 0 Å². The summed E-state index contributed by atoms with van der Waals surface area (Å²) in [6, 6.07) is 18.6. The molecule has 5 atom stereocenters. The van der Waals surface area contributed by atoms with Gasteiger partial charge in [-0.2, -0.15) is 0 Å². The van der Waals surface area contributed by atoms with Crippen LogP contribution in [0.5, 0.6) is 5.75 Å². The zero-order valence-electron chi connectivity index (χ0n) is 32.3. The first-order chi connectivity index (χ1) is 25.8. The fraction of sp³-hybridized carbons (Fsp3) is 0.429. The molecule has 0 saturated carbocycles. The van der Waals surface area contributed by atoms with Gasteiger partial charge in [0.1, 0.15) is 0 Å². The van der Waals surface area contributed by atoms with Gasteiger partial charge in [0.15, 0.2) is 11.4 Å². The average Bonchev–Trinajstić information content (AvgIpc) is 3.80. The summed E-state index contributed by atoms with van der Waals surface area (Å²) in [6.07, 6.45) is 9.36. The molecule has 0 bridgehead atoms. The molecular formula is C42H52FN5O5Si. The summed E-state index contributed by atoms with van der Waals surface area (Å²) in [5.74, 6) is -0.865. The molecule has 0 aliphatic carbocycles. The van der Waals surface area contributed by atoms with Crippen LogP contribution < -0.4 is 15.2 Å². The second kappa shape index (κ2) is 16.0. The number of nitrogens with zero attached hydrogens (tertiary/aromatic N) is 5. The SMILES string of the molecule is COc1cccn(-c2ccc3c(c2)[C@]2(O[C@@H](CCn4cc(C(CO)c5ccccc5)nn4)[C@H]([Si](C)(C)F)[C@H]2C)C(=O)N3C/C=C(\C)CCC=C(C)C)c1=O. The molecule has 2 aliphatic rings. The molecule has 0 radical (unpaired) electrons. The zero-order chi connectivity index (χ0) is 38.8. The summed E-state index contributed by atoms with van der Waals surface area (Å²) < 4.78 is 32.1. The predicted molar refractivity (Wildman–Crippen MR) is 211 cm³/mol. The van der Waals surface area contributed by atoms with Crippen LogP contribution in [0.2, 0.25) is 18.6 Å². The van der Waals surface area contributed by atoms with Crippen LogP contribution in [-0.4, -0.2) is 65.3 Å². The second-order valence-corrected chi connectivity index (χ2v) is 19.1. The summed E-state index contributed by atoms with van der Waals surface area (Å²) >= 11 is 0. The van der Waals surface area contributed by atoms with Gasteiger partial charge in [0.2, 0.25) is 8.41 Å². The van der Waals surface area contributed by atoms with Crippen molar-refractivity contribution in [2.45, 2.75) is 89.8 Å². The van der Waals surface area contributed by atoms with Crippen LogP contribution in [0.25, 0.3) is 5.69 Å². The highest BCUT2D eigenvalue weighted by Crippen LogP contribution is 2.60. The number of aliphatic hydroxyl groups is 1. The number of amides is 1. The van der Waals surface area contributed by atoms with Gasteiger partial charge in [-0.3, -0.25) is 18.8 Å². The lowest BCUT2D eigenvalue weighted by Gasteiger charge is -2.31. The van der Waals surface area contributed by atoms with Gasteiger partial charge in [-0.25, -0.2) is 0 Å². The van der Waals surface area contributed by atoms with E-state index in [0.29, 0.717) is 42.1 Å². The number of aryl methyl sites for hydroxylation is 1. The molecule has 2 aromatic heterocycles. The number of carbonyl (C=O) groups excluding carboxylic acids is 1. The van der Waals surface area contributed by atoms with Crippen molar-refractivity contribution in [3.05, 3.63) is 124 Å². The molecule has 4 aromatic rings. The number of methoxy groups -OCH3 is 1. The number of fused-ring (bicyclic) bond motifs is 2. The van der Waals surface area contributed by atoms with Crippen LogP contribution in [0.4, 0.5) is 9.80 Å². The standard InChI is InChI=1S/C42H52FN5O5Si/c1-28(2)13-11-14-29(3)20-24-48-36-19-18-32(47-22-12-17-38(52-5)40(47)50)25-34(36)42(41(48)51)30(4)39(54(6,7)43)37(53-42)21-23-46-26-35(44-45-46)33(27-49)31-15-9-8-10-16-31/h8-10,12-13,15-20,22,25-26,30,33,37,39,49H,11,14,21,23-24,27H2,1-7H3/b29-20+/t30-,33?,37+,39-,42+/m1/s1. The minimum atomic E-state index is -3.44. The Morgan fingerprint density at radius 3 is 2.54 bits per heavy atom. The average molecular weight is 754 g/mol. The van der Waals surface area contributed by atoms with Crippen LogP contribution >= 0.6 is 0 Å². The third-order valence-corrected chi connectivity index (χ3v) is 13.5. The molecule has 1 N–H and O–H groups in total. The second-order valence-electron chi connectivity index (χ2n) is 15.4. The van der Waals surface area contributed by atoms with E-state index >= 15 is 4.11 Å². The molecule has 1 spiro atoms. The van der Waals surface area contributed by atoms with Crippen LogP contribution in [0.3, 0.4) is 0 Å². The Hall–Kier alpha value is -4.65. The Bertz CT molecular complexity index is 2090. The maximum Gasteiger partial charge on any atom is 0.297 e. The topological polar surface area (TPSA) is 112 Å². The predicted octanol–water partition coefficient (Wildman–Crippen LogP) is 7.47. The van der Waals surface area contributed by atoms with Crippen molar-refractivity contribution in [2.75, 3.05) is 25.2 Å². The highest BCUT2D eigenvalue weighted by molar-refractivity contribution is 6.72. The van der Waals surface area contributed by atoms with Gasteiger partial charge < -0.3 is 23.6 Å². The summed E-state index contributed by atoms with van der Waals surface area (Å²) in [6.45, 7) is 12.1. The number of hydrogen-bond acceptors (Lipinski definition) is 7. The Morgan fingerprint density at radius 1 is 1.09 bits per heavy atom. The highest BCUT2D eigenvalue weighted by Gasteiger charge is 2.66. The Labute approximate surface area is 318 Å². The maximum absolute atomic E-state index is 16.6. The molecule has 4 heterocycles. The largest absolute Gasteiger partial charge is 0.491 e. The number of aliphatic hydroxyl groups excluding tert-OH is 1. The quantitative estimate of drug-likeness (QED) is 0.0809. The molecule has 12 heteroatoms. The maximum atomic E-state index is 16.6. The number of benzene rings is 2. The number of pyridine rings is 1. The molecule has 6 rings (SSSR count). The third kappa shape index (κ3) is 7.51. The van der Waals surface area contributed by atoms with E-state index in [1.807, 2.05) is 61.7 Å². The number of carbonyl (C=O) groups is 1. The van der Waals surface area contributed by atoms with E-state index in [1.165, 1.54) is 22.8 Å². The van der Waals surface area contributed by atoms with E-state index in [2.05, 4.69) is 43.2 Å². The third-order valence-electron chi connectivity index (χ3n) is 11.0. The van der Waals surface area contributed by atoms with Crippen LogP contribution in [0.1, 0.15) is 69.7 Å². The first-order valence-electron chi connectivity index (χ1n) is 18.7. The molecule has 1 saturated heterocycles. The van der Waals surface area contributed by atoms with Gasteiger partial charge in [-0.1, -0.05) is 65.8 Å². The monoisotopic (exact) mass is 753 g/mol. The molecule has 54 heavy (non-hydrogen) atoms. The Balaban J connectivity index is 1.36. The van der Waals surface area contributed by atoms with Crippen LogP contribution in [-0.2, 0) is 21.7 Å². The number of rotatable bonds is 14. The summed E-state index contributed by atoms with van der Waals surface area (Å²) in [4.78, 5) is 30.1. The van der Waals surface area contributed by atoms with Crippen molar-refractivity contribution in [2.24, 2.45) is 5.92 Å². The fourth-order valence-electron chi connectivity index (χ4n) is 8.30. The Morgan fingerprint density at radius 2 is 1.85 bits per heavy atom. The zero-order valence-corrected chi connectivity index (χ0v) is 33.3. The number of anilines is 1. The van der Waals surface area contributed by atoms with Crippen molar-refractivity contribution in [3.63, 3.8) is 0 Å². The fourth-order valence-corrected chi connectivity index (χ4v) is 10.8. The first kappa shape index (κ1) is 39.1. The van der Waals surface area contributed by atoms with Crippen molar-refractivity contribution >= 4 is 20.0 Å². The van der Waals surface area contributed by atoms with E-state index in [9.17, 15) is 14.7 Å². The van der Waals surface area contributed by atoms with Crippen LogP contribution in [0.15, 0.2) is 101 Å². The lowest BCUT2D eigenvalue weighted by Crippen LogP contribution is -2.45. The van der Waals surface area contributed by atoms with Gasteiger partial charge in [-0.15, -0.1) is 5.10 Å². The van der Waals surface area contributed by atoms with Gasteiger partial charge in [0.25, 0.3) is 11.5 Å². The lowest BCUT2D eigenvalue weighted by molar-refractivity contribution is -0.145. The lowest BCUT2D eigenvalue weighted by atomic mass is 9.82. The molecule has 10 nitrogen and oxygen atoms in total. The number of halogens is 1. The van der Waals surface area contributed by atoms with Gasteiger partial charge in [0.05, 0.1) is 37.1 Å². The molecule has 286 valence electrons. The van der Waals surface area contributed by atoms with Gasteiger partial charge in [-0.05, 0) is 89.0 Å². The van der Waals surface area contributed by atoms with E-state index in [4.69, 9.17) is 9.47 Å². The number of ether oxygens (including phenoxy) is 2. The number of allylic oxidation sites excluding steroid dienone is 3. The van der Waals surface area contributed by atoms with Crippen LogP contribution in [0, 0.1) is 5.92 Å². The molecule has 2 aromatic carbocycles. The first-order valence-corrected chi connectivity index (χ1v) is 21.7. The summed E-state index contributed by atoms with van der Waals surface area (Å²) in [5, 5.41) is 18.9. The van der Waals surface area contributed by atoms with E-state index in [0.717, 1.165) is 18.4 Å². The number of aromatic nitrogens is 4. The normalized spacial score (nSPS) is 21.8. The molecule has 2 aliphatic heterocycles.